The smallest absolute Gasteiger partial charge is 0.177 e. The van der Waals surface area contributed by atoms with E-state index in [0.717, 1.165) is 0 Å². The first-order valence-electron chi connectivity index (χ1n) is 10.4. The Morgan fingerprint density at radius 3 is 2.58 bits per heavy atom. The van der Waals surface area contributed by atoms with E-state index < -0.39 is 6.04 Å². The highest BCUT2D eigenvalue weighted by Gasteiger charge is 2.24. The van der Waals surface area contributed by atoms with Gasteiger partial charge < -0.3 is 20.8 Å². The summed E-state index contributed by atoms with van der Waals surface area (Å²) in [6.45, 7) is 4.04. The fourth-order valence-corrected chi connectivity index (χ4v) is 3.46. The predicted octanol–water partition coefficient (Wildman–Crippen LogP) is 4.20. The molecule has 33 heavy (non-hydrogen) atoms. The number of anilines is 1. The zero-order chi connectivity index (χ0) is 23.4. The maximum absolute atomic E-state index is 15.4. The highest BCUT2D eigenvalue weighted by molar-refractivity contribution is 5.95. The molecule has 0 fully saturated rings. The summed E-state index contributed by atoms with van der Waals surface area (Å²) in [6, 6.07) is 11.4. The third-order valence-corrected chi connectivity index (χ3v) is 5.06. The van der Waals surface area contributed by atoms with Crippen LogP contribution in [0.4, 0.5) is 10.1 Å². The van der Waals surface area contributed by atoms with Crippen LogP contribution in [0, 0.1) is 18.2 Å². The molecule has 0 amide bonds. The van der Waals surface area contributed by atoms with Gasteiger partial charge in [-0.3, -0.25) is 5.41 Å². The number of aromatic nitrogens is 4. The van der Waals surface area contributed by atoms with Crippen molar-refractivity contribution >= 4 is 11.5 Å². The van der Waals surface area contributed by atoms with E-state index in [1.54, 1.807) is 68.0 Å². The zero-order valence-electron chi connectivity index (χ0n) is 18.3. The average molecular weight is 446 g/mol. The molecule has 9 heteroatoms. The molecule has 0 aliphatic rings. The van der Waals surface area contributed by atoms with Crippen LogP contribution in [0.25, 0.3) is 11.5 Å². The summed E-state index contributed by atoms with van der Waals surface area (Å²) in [5, 5.41) is 10.9. The minimum Gasteiger partial charge on any atom is -0.494 e. The molecule has 0 saturated heterocycles. The minimum atomic E-state index is -0.662. The first-order chi connectivity index (χ1) is 16.0. The summed E-state index contributed by atoms with van der Waals surface area (Å²) in [6.07, 6.45) is 4.91. The number of nitrogens with two attached hydrogens (primary N) is 1. The number of amidine groups is 1. The fourth-order valence-electron chi connectivity index (χ4n) is 3.46. The number of aromatic amines is 1. The lowest BCUT2D eigenvalue weighted by Crippen LogP contribution is -2.17. The van der Waals surface area contributed by atoms with E-state index in [2.05, 4.69) is 25.3 Å². The molecule has 0 radical (unpaired) electrons. The lowest BCUT2D eigenvalue weighted by Gasteiger charge is -2.21. The molecule has 0 aliphatic carbocycles. The molecule has 0 aliphatic heterocycles. The fraction of sp³-hybridized carbons (Fsp3) is 0.167. The van der Waals surface area contributed by atoms with Crippen molar-refractivity contribution < 1.29 is 9.13 Å². The lowest BCUT2D eigenvalue weighted by molar-refractivity contribution is 0.338. The van der Waals surface area contributed by atoms with Crippen LogP contribution in [0.1, 0.15) is 35.5 Å². The zero-order valence-corrected chi connectivity index (χ0v) is 18.3. The Morgan fingerprint density at radius 2 is 1.91 bits per heavy atom. The van der Waals surface area contributed by atoms with Crippen molar-refractivity contribution in [1.29, 1.82) is 5.41 Å². The number of H-pyrrole nitrogens is 1. The molecule has 8 nitrogen and oxygen atoms in total. The summed E-state index contributed by atoms with van der Waals surface area (Å²) in [5.74, 6) is 1.16. The normalized spacial score (nSPS) is 11.7. The number of ether oxygens (including phenoxy) is 1. The number of aryl methyl sites for hydroxylation is 1. The highest BCUT2D eigenvalue weighted by Crippen LogP contribution is 2.32. The molecule has 0 saturated carbocycles. The van der Waals surface area contributed by atoms with Crippen LogP contribution in [0.5, 0.6) is 5.75 Å². The third-order valence-electron chi connectivity index (χ3n) is 5.06. The first kappa shape index (κ1) is 21.9. The number of halogens is 1. The molecule has 5 N–H and O–H groups in total. The van der Waals surface area contributed by atoms with Gasteiger partial charge >= 0.3 is 0 Å². The molecule has 2 heterocycles. The van der Waals surface area contributed by atoms with E-state index in [4.69, 9.17) is 15.9 Å². The molecule has 0 spiro atoms. The summed E-state index contributed by atoms with van der Waals surface area (Å²) < 4.78 is 21.0. The number of rotatable bonds is 8. The molecule has 1 unspecified atom stereocenters. The van der Waals surface area contributed by atoms with Gasteiger partial charge in [-0.15, -0.1) is 0 Å². The number of benzene rings is 2. The summed E-state index contributed by atoms with van der Waals surface area (Å²) in [5.41, 5.74) is 8.32. The highest BCUT2D eigenvalue weighted by atomic mass is 19.1. The SMILES string of the molecule is CCOc1cc(C)c(F)c(C(Nc2ccc(C(=N)N)cc2)c2ncc(-c3ncccn3)[nH]2)c1. The second-order valence-corrected chi connectivity index (χ2v) is 7.40. The van der Waals surface area contributed by atoms with Crippen molar-refractivity contribution in [2.75, 3.05) is 11.9 Å². The van der Waals surface area contributed by atoms with Gasteiger partial charge in [-0.25, -0.2) is 19.3 Å². The van der Waals surface area contributed by atoms with Gasteiger partial charge in [0.15, 0.2) is 5.82 Å². The van der Waals surface area contributed by atoms with Crippen LogP contribution in [-0.4, -0.2) is 32.4 Å². The maximum atomic E-state index is 15.4. The number of nitrogen functional groups attached to an aromatic ring is 1. The van der Waals surface area contributed by atoms with Crippen molar-refractivity contribution in [2.45, 2.75) is 19.9 Å². The molecule has 2 aromatic heterocycles. The van der Waals surface area contributed by atoms with Crippen LogP contribution in [0.2, 0.25) is 0 Å². The van der Waals surface area contributed by atoms with E-state index in [0.29, 0.717) is 52.1 Å². The first-order valence-corrected chi connectivity index (χ1v) is 10.4. The molecule has 1 atom stereocenters. The summed E-state index contributed by atoms with van der Waals surface area (Å²) in [7, 11) is 0. The number of nitrogens with zero attached hydrogens (tertiary/aromatic N) is 3. The minimum absolute atomic E-state index is 0.0253. The summed E-state index contributed by atoms with van der Waals surface area (Å²) >= 11 is 0. The molecule has 2 aromatic carbocycles. The number of hydrogen-bond acceptors (Lipinski definition) is 6. The predicted molar refractivity (Wildman–Crippen MR) is 125 cm³/mol. The largest absolute Gasteiger partial charge is 0.494 e. The van der Waals surface area contributed by atoms with Crippen LogP contribution >= 0.6 is 0 Å². The number of nitrogens with one attached hydrogen (secondary N) is 3. The van der Waals surface area contributed by atoms with Crippen molar-refractivity contribution in [2.24, 2.45) is 5.73 Å². The van der Waals surface area contributed by atoms with Crippen molar-refractivity contribution in [1.82, 2.24) is 19.9 Å². The Kier molecular flexibility index (Phi) is 6.30. The topological polar surface area (TPSA) is 126 Å². The molecular weight excluding hydrogens is 421 g/mol. The van der Waals surface area contributed by atoms with Crippen molar-refractivity contribution in [3.8, 4) is 17.3 Å². The second-order valence-electron chi connectivity index (χ2n) is 7.40. The van der Waals surface area contributed by atoms with E-state index in [1.165, 1.54) is 0 Å². The van der Waals surface area contributed by atoms with Crippen LogP contribution in [0.15, 0.2) is 61.1 Å². The number of hydrogen-bond donors (Lipinski definition) is 4. The Bertz CT molecular complexity index is 1260. The molecular formula is C24H24FN7O. The second kappa shape index (κ2) is 9.47. The standard InChI is InChI=1S/C24H24FN7O/c1-3-33-17-11-14(2)20(25)18(12-17)21(31-16-7-5-15(6-8-16)22(26)27)24-30-13-19(32-24)23-28-9-4-10-29-23/h4-13,21,31H,3H2,1-2H3,(H3,26,27)(H,30,32). The van der Waals surface area contributed by atoms with E-state index >= 15 is 4.39 Å². The van der Waals surface area contributed by atoms with Gasteiger partial charge in [0.05, 0.1) is 12.8 Å². The van der Waals surface area contributed by atoms with Gasteiger partial charge in [0.2, 0.25) is 0 Å². The van der Waals surface area contributed by atoms with Crippen LogP contribution < -0.4 is 15.8 Å². The Hall–Kier alpha value is -4.27. The van der Waals surface area contributed by atoms with Gasteiger partial charge in [0.25, 0.3) is 0 Å². The van der Waals surface area contributed by atoms with E-state index in [9.17, 15) is 0 Å². The maximum Gasteiger partial charge on any atom is 0.177 e. The van der Waals surface area contributed by atoms with Crippen LogP contribution in [-0.2, 0) is 0 Å². The lowest BCUT2D eigenvalue weighted by atomic mass is 10.0. The Balaban J connectivity index is 1.78. The Labute approximate surface area is 190 Å². The van der Waals surface area contributed by atoms with Crippen molar-refractivity contribution in [3.05, 3.63) is 89.4 Å². The third kappa shape index (κ3) is 4.82. The molecule has 4 aromatic rings. The summed E-state index contributed by atoms with van der Waals surface area (Å²) in [4.78, 5) is 16.2. The van der Waals surface area contributed by atoms with E-state index in [1.807, 2.05) is 6.92 Å². The van der Waals surface area contributed by atoms with Gasteiger partial charge in [0.1, 0.15) is 35.0 Å². The van der Waals surface area contributed by atoms with Gasteiger partial charge in [-0.2, -0.15) is 0 Å². The monoisotopic (exact) mass is 445 g/mol. The van der Waals surface area contributed by atoms with Crippen LogP contribution in [0.3, 0.4) is 0 Å². The van der Waals surface area contributed by atoms with Gasteiger partial charge in [-0.1, -0.05) is 0 Å². The molecule has 168 valence electrons. The van der Waals surface area contributed by atoms with Gasteiger partial charge in [-0.05, 0) is 61.9 Å². The molecule has 0 bridgehead atoms. The van der Waals surface area contributed by atoms with E-state index in [-0.39, 0.29) is 11.7 Å². The average Bonchev–Trinajstić information content (AvgIpc) is 3.31. The molecule has 4 rings (SSSR count). The quantitative estimate of drug-likeness (QED) is 0.238. The van der Waals surface area contributed by atoms with Crippen molar-refractivity contribution in [3.63, 3.8) is 0 Å². The Morgan fingerprint density at radius 1 is 1.18 bits per heavy atom. The number of imidazole rings is 1. The van der Waals surface area contributed by atoms with Gasteiger partial charge in [0, 0.05) is 29.2 Å².